The van der Waals surface area contributed by atoms with E-state index in [0.717, 1.165) is 0 Å². The molecule has 0 spiro atoms. The smallest absolute Gasteiger partial charge is 0.148 e. The van der Waals surface area contributed by atoms with Crippen LogP contribution in [0.25, 0.3) is 0 Å². The molecule has 0 saturated carbocycles. The number of phenolic OH excluding ortho intramolecular Hbond substituents is 1. The van der Waals surface area contributed by atoms with Gasteiger partial charge in [-0.05, 0) is 19.1 Å². The maximum absolute atomic E-state index is 9.41. The van der Waals surface area contributed by atoms with E-state index in [1.807, 2.05) is 6.92 Å². The molecule has 14 heavy (non-hydrogen) atoms. The number of ether oxygens (including phenoxy) is 1. The van der Waals surface area contributed by atoms with Gasteiger partial charge in [-0.1, -0.05) is 12.1 Å². The third-order valence-electron chi connectivity index (χ3n) is 1.71. The molecule has 0 fully saturated rings. The molecule has 1 aromatic rings. The average molecular weight is 197 g/mol. The maximum atomic E-state index is 9.41. The minimum Gasteiger partial charge on any atom is -0.506 e. The van der Waals surface area contributed by atoms with Crippen LogP contribution in [0.1, 0.15) is 6.92 Å². The van der Waals surface area contributed by atoms with Crippen molar-refractivity contribution in [2.75, 3.05) is 18.5 Å². The summed E-state index contributed by atoms with van der Waals surface area (Å²) in [4.78, 5) is 0. The van der Waals surface area contributed by atoms with Crippen LogP contribution in [0.2, 0.25) is 0 Å². The molecule has 0 amide bonds. The van der Waals surface area contributed by atoms with E-state index in [9.17, 15) is 10.2 Å². The molecular weight excluding hydrogens is 182 g/mol. The Hall–Kier alpha value is -1.26. The van der Waals surface area contributed by atoms with Gasteiger partial charge in [-0.25, -0.2) is 0 Å². The number of rotatable bonds is 5. The first-order valence-corrected chi connectivity index (χ1v) is 4.54. The third-order valence-corrected chi connectivity index (χ3v) is 1.71. The summed E-state index contributed by atoms with van der Waals surface area (Å²) in [5.41, 5.74) is 0.500. The molecular formula is C10H15NO3. The van der Waals surface area contributed by atoms with Crippen LogP contribution < -0.4 is 5.32 Å². The van der Waals surface area contributed by atoms with Crippen molar-refractivity contribution in [1.29, 1.82) is 0 Å². The molecule has 0 aliphatic rings. The van der Waals surface area contributed by atoms with E-state index in [1.54, 1.807) is 24.3 Å². The van der Waals surface area contributed by atoms with Crippen molar-refractivity contribution in [3.63, 3.8) is 0 Å². The lowest BCUT2D eigenvalue weighted by Crippen LogP contribution is -2.24. The number of hydrogen-bond donors (Lipinski definition) is 3. The van der Waals surface area contributed by atoms with Crippen LogP contribution in [-0.4, -0.2) is 29.7 Å². The average Bonchev–Trinajstić information content (AvgIpc) is 2.18. The summed E-state index contributed by atoms with van der Waals surface area (Å²) >= 11 is 0. The van der Waals surface area contributed by atoms with Gasteiger partial charge in [-0.2, -0.15) is 0 Å². The third kappa shape index (κ3) is 3.24. The first-order valence-electron chi connectivity index (χ1n) is 4.54. The number of aliphatic hydroxyl groups is 1. The number of phenols is 1. The Morgan fingerprint density at radius 3 is 2.79 bits per heavy atom. The van der Waals surface area contributed by atoms with Crippen molar-refractivity contribution in [2.45, 2.75) is 13.2 Å². The number of aliphatic hydroxyl groups excluding tert-OH is 1. The Bertz CT molecular complexity index is 278. The Kier molecular flexibility index (Phi) is 4.22. The van der Waals surface area contributed by atoms with Gasteiger partial charge in [0.25, 0.3) is 0 Å². The molecule has 78 valence electrons. The SMILES string of the molecule is CCOCC(O)Nc1ccccc1O. The summed E-state index contributed by atoms with van der Waals surface area (Å²) in [6, 6.07) is 6.73. The molecule has 0 heterocycles. The highest BCUT2D eigenvalue weighted by Crippen LogP contribution is 2.21. The molecule has 1 unspecified atom stereocenters. The normalized spacial score (nSPS) is 12.4. The van der Waals surface area contributed by atoms with Crippen molar-refractivity contribution in [2.24, 2.45) is 0 Å². The zero-order valence-corrected chi connectivity index (χ0v) is 8.10. The molecule has 1 aromatic carbocycles. The highest BCUT2D eigenvalue weighted by molar-refractivity contribution is 5.55. The van der Waals surface area contributed by atoms with Gasteiger partial charge < -0.3 is 20.3 Å². The molecule has 0 aliphatic heterocycles. The maximum Gasteiger partial charge on any atom is 0.148 e. The van der Waals surface area contributed by atoms with Crippen molar-refractivity contribution >= 4 is 5.69 Å². The summed E-state index contributed by atoms with van der Waals surface area (Å²) in [7, 11) is 0. The summed E-state index contributed by atoms with van der Waals surface area (Å²) in [5, 5.41) is 21.5. The van der Waals surface area contributed by atoms with Crippen LogP contribution in [-0.2, 0) is 4.74 Å². The number of nitrogens with one attached hydrogen (secondary N) is 1. The molecule has 1 rings (SSSR count). The van der Waals surface area contributed by atoms with Crippen LogP contribution in [0.5, 0.6) is 5.75 Å². The Labute approximate surface area is 83.1 Å². The summed E-state index contributed by atoms with van der Waals surface area (Å²) < 4.78 is 5.01. The summed E-state index contributed by atoms with van der Waals surface area (Å²) in [5.74, 6) is 0.114. The lowest BCUT2D eigenvalue weighted by Gasteiger charge is -2.14. The Morgan fingerprint density at radius 2 is 2.14 bits per heavy atom. The van der Waals surface area contributed by atoms with Crippen molar-refractivity contribution in [3.8, 4) is 5.75 Å². The van der Waals surface area contributed by atoms with Crippen LogP contribution in [0, 0.1) is 0 Å². The first-order chi connectivity index (χ1) is 6.74. The van der Waals surface area contributed by atoms with Gasteiger partial charge >= 0.3 is 0 Å². The van der Waals surface area contributed by atoms with E-state index < -0.39 is 6.23 Å². The monoisotopic (exact) mass is 197 g/mol. The van der Waals surface area contributed by atoms with Gasteiger partial charge in [0.2, 0.25) is 0 Å². The molecule has 0 bridgehead atoms. The number of benzene rings is 1. The topological polar surface area (TPSA) is 61.7 Å². The quantitative estimate of drug-likeness (QED) is 0.489. The van der Waals surface area contributed by atoms with Gasteiger partial charge in [-0.15, -0.1) is 0 Å². The number of aromatic hydroxyl groups is 1. The van der Waals surface area contributed by atoms with Gasteiger partial charge in [-0.3, -0.25) is 0 Å². The highest BCUT2D eigenvalue weighted by atomic mass is 16.5. The zero-order chi connectivity index (χ0) is 10.4. The minimum absolute atomic E-state index is 0.114. The van der Waals surface area contributed by atoms with E-state index in [2.05, 4.69) is 5.32 Å². The van der Waals surface area contributed by atoms with Crippen LogP contribution in [0.4, 0.5) is 5.69 Å². The molecule has 4 nitrogen and oxygen atoms in total. The standard InChI is InChI=1S/C10H15NO3/c1-2-14-7-10(13)11-8-5-3-4-6-9(8)12/h3-6,10-13H,2,7H2,1H3. The van der Waals surface area contributed by atoms with E-state index in [1.165, 1.54) is 0 Å². The minimum atomic E-state index is -0.803. The zero-order valence-electron chi connectivity index (χ0n) is 8.10. The fourth-order valence-corrected chi connectivity index (χ4v) is 1.05. The van der Waals surface area contributed by atoms with Gasteiger partial charge in [0.05, 0.1) is 12.3 Å². The fourth-order valence-electron chi connectivity index (χ4n) is 1.05. The number of anilines is 1. The van der Waals surface area contributed by atoms with E-state index in [4.69, 9.17) is 4.74 Å². The Morgan fingerprint density at radius 1 is 1.43 bits per heavy atom. The van der Waals surface area contributed by atoms with Crippen molar-refractivity contribution in [1.82, 2.24) is 0 Å². The van der Waals surface area contributed by atoms with Gasteiger partial charge in [0, 0.05) is 6.61 Å². The van der Waals surface area contributed by atoms with E-state index in [0.29, 0.717) is 12.3 Å². The van der Waals surface area contributed by atoms with Crippen LogP contribution >= 0.6 is 0 Å². The van der Waals surface area contributed by atoms with Crippen LogP contribution in [0.3, 0.4) is 0 Å². The second-order valence-electron chi connectivity index (χ2n) is 2.84. The van der Waals surface area contributed by atoms with Gasteiger partial charge in [0.1, 0.15) is 12.0 Å². The van der Waals surface area contributed by atoms with E-state index in [-0.39, 0.29) is 12.4 Å². The highest BCUT2D eigenvalue weighted by Gasteiger charge is 2.05. The van der Waals surface area contributed by atoms with Crippen LogP contribution in [0.15, 0.2) is 24.3 Å². The molecule has 1 atom stereocenters. The predicted octanol–water partition coefficient (Wildman–Crippen LogP) is 1.16. The fraction of sp³-hybridized carbons (Fsp3) is 0.400. The Balaban J connectivity index is 2.47. The predicted molar refractivity (Wildman–Crippen MR) is 54.2 cm³/mol. The molecule has 0 aromatic heterocycles. The van der Waals surface area contributed by atoms with Crippen molar-refractivity contribution in [3.05, 3.63) is 24.3 Å². The lowest BCUT2D eigenvalue weighted by atomic mass is 10.3. The molecule has 4 heteroatoms. The summed E-state index contributed by atoms with van der Waals surface area (Å²) in [6.07, 6.45) is -0.803. The number of para-hydroxylation sites is 2. The van der Waals surface area contributed by atoms with E-state index >= 15 is 0 Å². The molecule has 0 aliphatic carbocycles. The summed E-state index contributed by atoms with van der Waals surface area (Å²) in [6.45, 7) is 2.61. The molecule has 3 N–H and O–H groups in total. The largest absolute Gasteiger partial charge is 0.506 e. The molecule has 0 saturated heterocycles. The number of hydrogen-bond acceptors (Lipinski definition) is 4. The lowest BCUT2D eigenvalue weighted by molar-refractivity contribution is 0.0572. The first kappa shape index (κ1) is 10.8. The van der Waals surface area contributed by atoms with Crippen molar-refractivity contribution < 1.29 is 14.9 Å². The molecule has 0 radical (unpaired) electrons. The van der Waals surface area contributed by atoms with Gasteiger partial charge in [0.15, 0.2) is 0 Å². The second kappa shape index (κ2) is 5.47. The second-order valence-corrected chi connectivity index (χ2v) is 2.84.